The van der Waals surface area contributed by atoms with E-state index >= 15 is 0 Å². The maximum Gasteiger partial charge on any atom is 0.240 e. The molecule has 1 aliphatic carbocycles. The number of hydrogen-bond acceptors (Lipinski definition) is 9. The average molecular weight is 533 g/mol. The van der Waals surface area contributed by atoms with Crippen LogP contribution in [0.15, 0.2) is 43.0 Å². The van der Waals surface area contributed by atoms with Crippen molar-refractivity contribution in [2.24, 2.45) is 0 Å². The fourth-order valence-electron chi connectivity index (χ4n) is 4.29. The molecule has 0 aliphatic heterocycles. The van der Waals surface area contributed by atoms with Crippen LogP contribution in [0, 0.1) is 0 Å². The molecule has 12 nitrogen and oxygen atoms in total. The molecule has 0 bridgehead atoms. The highest BCUT2D eigenvalue weighted by atomic mass is 35.5. The molecule has 14 heteroatoms. The van der Waals surface area contributed by atoms with E-state index in [0.29, 0.717) is 17.5 Å². The molecule has 0 radical (unpaired) electrons. The first kappa shape index (κ1) is 24.6. The van der Waals surface area contributed by atoms with Crippen LogP contribution in [0.4, 0.5) is 5.95 Å². The summed E-state index contributed by atoms with van der Waals surface area (Å²) in [5.74, 6) is 0.792. The molecule has 1 N–H and O–H groups in total. The number of nitrogens with zero attached hydrogens (tertiary/aromatic N) is 7. The zero-order chi connectivity index (χ0) is 25.5. The van der Waals surface area contributed by atoms with Gasteiger partial charge in [-0.2, -0.15) is 5.10 Å². The second-order valence-corrected chi connectivity index (χ2v) is 11.2. The first-order chi connectivity index (χ1) is 17.3. The van der Waals surface area contributed by atoms with E-state index in [1.807, 2.05) is 29.0 Å². The van der Waals surface area contributed by atoms with Gasteiger partial charge in [0, 0.05) is 32.8 Å². The smallest absolute Gasteiger partial charge is 0.240 e. The average Bonchev–Trinajstić information content (AvgIpc) is 3.32. The second kappa shape index (κ2) is 9.39. The molecule has 1 saturated carbocycles. The van der Waals surface area contributed by atoms with Crippen LogP contribution < -0.4 is 4.72 Å². The number of rotatable bonds is 10. The topological polar surface area (TPSA) is 138 Å². The largest absolute Gasteiger partial charge is 0.382 e. The molecule has 4 heterocycles. The van der Waals surface area contributed by atoms with E-state index in [2.05, 4.69) is 30.0 Å². The molecule has 0 saturated heterocycles. The lowest BCUT2D eigenvalue weighted by Crippen LogP contribution is -2.35. The monoisotopic (exact) mass is 532 g/mol. The van der Waals surface area contributed by atoms with E-state index in [4.69, 9.17) is 21.1 Å². The zero-order valence-electron chi connectivity index (χ0n) is 19.9. The van der Waals surface area contributed by atoms with Crippen LogP contribution in [0.1, 0.15) is 31.7 Å². The van der Waals surface area contributed by atoms with Crippen LogP contribution in [0.25, 0.3) is 16.9 Å². The maximum absolute atomic E-state index is 13.5. The SMILES string of the molecule is COCC1(n2c(NS(=O)(=O)C(C)C(OC)c3ncc(Cl)cn3)nnc2-c2cnn3ccccc23)CC1. The van der Waals surface area contributed by atoms with Gasteiger partial charge in [-0.3, -0.25) is 9.29 Å². The lowest BCUT2D eigenvalue weighted by molar-refractivity contribution is 0.0950. The van der Waals surface area contributed by atoms with Crippen molar-refractivity contribution in [1.82, 2.24) is 34.3 Å². The third kappa shape index (κ3) is 4.32. The fraction of sp³-hybridized carbons (Fsp3) is 0.409. The quantitative estimate of drug-likeness (QED) is 0.326. The molecule has 36 heavy (non-hydrogen) atoms. The van der Waals surface area contributed by atoms with Gasteiger partial charge in [0.2, 0.25) is 16.0 Å². The van der Waals surface area contributed by atoms with Crippen molar-refractivity contribution in [2.45, 2.75) is 36.7 Å². The molecule has 2 unspecified atom stereocenters. The van der Waals surface area contributed by atoms with Crippen molar-refractivity contribution in [3.63, 3.8) is 0 Å². The van der Waals surface area contributed by atoms with Crippen LogP contribution in [0.2, 0.25) is 5.02 Å². The van der Waals surface area contributed by atoms with Crippen LogP contribution in [-0.4, -0.2) is 68.8 Å². The lowest BCUT2D eigenvalue weighted by Gasteiger charge is -2.24. The minimum absolute atomic E-state index is 0.0913. The Morgan fingerprint density at radius 3 is 2.58 bits per heavy atom. The van der Waals surface area contributed by atoms with Gasteiger partial charge >= 0.3 is 0 Å². The molecule has 1 fully saturated rings. The summed E-state index contributed by atoms with van der Waals surface area (Å²) in [5.41, 5.74) is 1.08. The minimum atomic E-state index is -4.02. The van der Waals surface area contributed by atoms with Gasteiger partial charge in [-0.05, 0) is 31.9 Å². The molecular weight excluding hydrogens is 508 g/mol. The predicted octanol–water partition coefficient (Wildman–Crippen LogP) is 2.69. The highest BCUT2D eigenvalue weighted by Crippen LogP contribution is 2.48. The molecule has 0 spiro atoms. The number of ether oxygens (including phenoxy) is 2. The maximum atomic E-state index is 13.5. The highest BCUT2D eigenvalue weighted by Gasteiger charge is 2.49. The summed E-state index contributed by atoms with van der Waals surface area (Å²) in [6, 6.07) is 5.69. The van der Waals surface area contributed by atoms with Crippen molar-refractivity contribution in [3.8, 4) is 11.4 Å². The van der Waals surface area contributed by atoms with E-state index < -0.39 is 26.9 Å². The molecule has 2 atom stereocenters. The Kier molecular flexibility index (Phi) is 6.41. The third-order valence-electron chi connectivity index (χ3n) is 6.34. The van der Waals surface area contributed by atoms with Crippen LogP contribution >= 0.6 is 11.6 Å². The third-order valence-corrected chi connectivity index (χ3v) is 8.23. The van der Waals surface area contributed by atoms with Gasteiger partial charge in [0.05, 0.1) is 34.4 Å². The Morgan fingerprint density at radius 2 is 1.92 bits per heavy atom. The van der Waals surface area contributed by atoms with E-state index in [0.717, 1.165) is 23.9 Å². The second-order valence-electron chi connectivity index (χ2n) is 8.70. The molecule has 0 amide bonds. The summed E-state index contributed by atoms with van der Waals surface area (Å²) in [6.45, 7) is 1.89. The van der Waals surface area contributed by atoms with E-state index in [-0.39, 0.29) is 11.8 Å². The first-order valence-corrected chi connectivity index (χ1v) is 13.1. The van der Waals surface area contributed by atoms with Crippen molar-refractivity contribution >= 4 is 33.1 Å². The molecule has 1 aliphatic rings. The number of nitrogens with one attached hydrogen (secondary N) is 1. The van der Waals surface area contributed by atoms with Gasteiger partial charge < -0.3 is 9.47 Å². The lowest BCUT2D eigenvalue weighted by atomic mass is 10.2. The Balaban J connectivity index is 1.54. The summed E-state index contributed by atoms with van der Waals surface area (Å²) in [4.78, 5) is 8.26. The molecule has 4 aromatic rings. The number of methoxy groups -OCH3 is 2. The predicted molar refractivity (Wildman–Crippen MR) is 132 cm³/mol. The van der Waals surface area contributed by atoms with Crippen LogP contribution in [0.3, 0.4) is 0 Å². The number of pyridine rings is 1. The summed E-state index contributed by atoms with van der Waals surface area (Å²) < 4.78 is 44.1. The zero-order valence-corrected chi connectivity index (χ0v) is 21.4. The minimum Gasteiger partial charge on any atom is -0.382 e. The van der Waals surface area contributed by atoms with Crippen molar-refractivity contribution in [1.29, 1.82) is 0 Å². The highest BCUT2D eigenvalue weighted by molar-refractivity contribution is 7.93. The first-order valence-electron chi connectivity index (χ1n) is 11.2. The van der Waals surface area contributed by atoms with E-state index in [1.54, 1.807) is 17.8 Å². The van der Waals surface area contributed by atoms with Gasteiger partial charge in [-0.15, -0.1) is 10.2 Å². The summed E-state index contributed by atoms with van der Waals surface area (Å²) in [7, 11) is -1.01. The van der Waals surface area contributed by atoms with E-state index in [9.17, 15) is 8.42 Å². The Bertz CT molecular complexity index is 1480. The molecule has 0 aromatic carbocycles. The van der Waals surface area contributed by atoms with Gasteiger partial charge in [-0.1, -0.05) is 17.7 Å². The van der Waals surface area contributed by atoms with Crippen molar-refractivity contribution < 1.29 is 17.9 Å². The van der Waals surface area contributed by atoms with Gasteiger partial charge in [0.15, 0.2) is 11.6 Å². The Morgan fingerprint density at radius 1 is 1.17 bits per heavy atom. The number of anilines is 1. The summed E-state index contributed by atoms with van der Waals surface area (Å²) in [5, 5.41) is 12.3. The molecular formula is C22H25ClN8O4S. The van der Waals surface area contributed by atoms with Gasteiger partial charge in [0.25, 0.3) is 0 Å². The van der Waals surface area contributed by atoms with Crippen LogP contribution in [0.5, 0.6) is 0 Å². The van der Waals surface area contributed by atoms with E-state index in [1.165, 1.54) is 26.4 Å². The molecule has 4 aromatic heterocycles. The van der Waals surface area contributed by atoms with Crippen molar-refractivity contribution in [2.75, 3.05) is 25.5 Å². The van der Waals surface area contributed by atoms with Gasteiger partial charge in [0.1, 0.15) is 11.4 Å². The van der Waals surface area contributed by atoms with Gasteiger partial charge in [-0.25, -0.2) is 22.9 Å². The summed E-state index contributed by atoms with van der Waals surface area (Å²) in [6.07, 6.45) is 6.94. The number of hydrogen-bond donors (Lipinski definition) is 1. The number of fused-ring (bicyclic) bond motifs is 1. The standard InChI is InChI=1S/C22H25ClN8O4S/c1-14(18(35-3)19-24-10-15(23)11-25-19)36(32,33)29-21-28-27-20(31(21)22(7-8-22)13-34-2)16-12-26-30-9-5-4-6-17(16)30/h4-6,9-12,14,18H,7-8,13H2,1-3H3,(H,28,29). The Labute approximate surface area is 212 Å². The normalized spacial score (nSPS) is 16.7. The number of sulfonamides is 1. The fourth-order valence-corrected chi connectivity index (χ4v) is 5.51. The Hall–Kier alpha value is -3.13. The van der Waals surface area contributed by atoms with Crippen LogP contribution in [-0.2, 0) is 25.0 Å². The number of halogens is 1. The van der Waals surface area contributed by atoms with Crippen molar-refractivity contribution in [3.05, 3.63) is 53.8 Å². The summed E-state index contributed by atoms with van der Waals surface area (Å²) >= 11 is 5.88. The molecule has 190 valence electrons. The molecule has 5 rings (SSSR count). The number of aromatic nitrogens is 7.